The van der Waals surface area contributed by atoms with Crippen molar-refractivity contribution in [3.8, 4) is 5.69 Å². The molecule has 164 valence electrons. The van der Waals surface area contributed by atoms with Gasteiger partial charge in [0.2, 0.25) is 0 Å². The van der Waals surface area contributed by atoms with Gasteiger partial charge in [-0.3, -0.25) is 18.6 Å². The highest BCUT2D eigenvalue weighted by atomic mass is 32.2. The predicted octanol–water partition coefficient (Wildman–Crippen LogP) is 3.44. The molecule has 0 bridgehead atoms. The number of pyridine rings is 2. The van der Waals surface area contributed by atoms with E-state index in [1.807, 2.05) is 36.4 Å². The first-order chi connectivity index (χ1) is 16.0. The van der Waals surface area contributed by atoms with E-state index >= 15 is 0 Å². The molecule has 3 heterocycles. The van der Waals surface area contributed by atoms with Crippen LogP contribution in [-0.4, -0.2) is 29.6 Å². The van der Waals surface area contributed by atoms with Gasteiger partial charge in [0.15, 0.2) is 5.65 Å². The van der Waals surface area contributed by atoms with E-state index in [2.05, 4.69) is 9.97 Å². The lowest BCUT2D eigenvalue weighted by Gasteiger charge is -2.18. The van der Waals surface area contributed by atoms with Gasteiger partial charge in [0.05, 0.1) is 28.3 Å². The zero-order chi connectivity index (χ0) is 23.1. The molecule has 0 N–H and O–H groups in total. The summed E-state index contributed by atoms with van der Waals surface area (Å²) in [5.41, 5.74) is 1.27. The van der Waals surface area contributed by atoms with Crippen molar-refractivity contribution < 1.29 is 4.21 Å². The highest BCUT2D eigenvalue weighted by Gasteiger charge is 2.21. The molecule has 5 aromatic rings. The van der Waals surface area contributed by atoms with E-state index in [0.29, 0.717) is 21.7 Å². The summed E-state index contributed by atoms with van der Waals surface area (Å²) in [6.07, 6.45) is 3.14. The second-order valence-corrected chi connectivity index (χ2v) is 9.10. The molecule has 0 spiro atoms. The predicted molar refractivity (Wildman–Crippen MR) is 129 cm³/mol. The van der Waals surface area contributed by atoms with Crippen LogP contribution in [0.3, 0.4) is 0 Å². The number of nitrogens with zero attached hydrogens (tertiary/aromatic N) is 4. The Kier molecular flexibility index (Phi) is 5.22. The zero-order valence-electron chi connectivity index (χ0n) is 18.0. The molecular formula is C25H20N4O3S. The van der Waals surface area contributed by atoms with Crippen LogP contribution >= 0.6 is 0 Å². The Balaban J connectivity index is 1.76. The number of aromatic nitrogens is 4. The van der Waals surface area contributed by atoms with Crippen LogP contribution in [0.25, 0.3) is 27.6 Å². The van der Waals surface area contributed by atoms with Crippen LogP contribution < -0.4 is 11.2 Å². The molecule has 2 atom stereocenters. The molecule has 3 aromatic heterocycles. The average Bonchev–Trinajstić information content (AvgIpc) is 2.84. The first kappa shape index (κ1) is 21.0. The third-order valence-electron chi connectivity index (χ3n) is 5.71. The van der Waals surface area contributed by atoms with Crippen LogP contribution in [0.1, 0.15) is 18.7 Å². The third kappa shape index (κ3) is 3.58. The molecular weight excluding hydrogens is 436 g/mol. The molecule has 5 rings (SSSR count). The lowest BCUT2D eigenvalue weighted by atomic mass is 10.1. The van der Waals surface area contributed by atoms with E-state index in [0.717, 1.165) is 10.9 Å². The average molecular weight is 457 g/mol. The van der Waals surface area contributed by atoms with E-state index in [1.165, 1.54) is 9.13 Å². The van der Waals surface area contributed by atoms with Gasteiger partial charge >= 0.3 is 5.69 Å². The maximum atomic E-state index is 13.7. The molecule has 2 aromatic carbocycles. The molecule has 0 saturated carbocycles. The molecule has 8 heteroatoms. The van der Waals surface area contributed by atoms with Gasteiger partial charge in [-0.2, -0.15) is 0 Å². The van der Waals surface area contributed by atoms with Crippen molar-refractivity contribution in [3.05, 3.63) is 106 Å². The first-order valence-electron chi connectivity index (χ1n) is 10.4. The quantitative estimate of drug-likeness (QED) is 0.413. The van der Waals surface area contributed by atoms with Crippen molar-refractivity contribution in [1.82, 2.24) is 19.1 Å². The number of hydrogen-bond acceptors (Lipinski definition) is 5. The van der Waals surface area contributed by atoms with Crippen LogP contribution in [-0.2, 0) is 10.8 Å². The fourth-order valence-electron chi connectivity index (χ4n) is 3.96. The summed E-state index contributed by atoms with van der Waals surface area (Å²) < 4.78 is 14.4. The van der Waals surface area contributed by atoms with Crippen LogP contribution in [0, 0.1) is 0 Å². The summed E-state index contributed by atoms with van der Waals surface area (Å²) in [6.45, 7) is 1.79. The van der Waals surface area contributed by atoms with E-state index in [1.54, 1.807) is 55.8 Å². The summed E-state index contributed by atoms with van der Waals surface area (Å²) >= 11 is 0. The highest BCUT2D eigenvalue weighted by Crippen LogP contribution is 2.20. The fourth-order valence-corrected chi connectivity index (χ4v) is 4.48. The SMILES string of the molecule is CC(c1ccc2ccccc2n1)n1c(=O)c2cccnc2n(-c2ccc(S(C)=O)cc2)c1=O. The molecule has 2 unspecified atom stereocenters. The largest absolute Gasteiger partial charge is 0.337 e. The fraction of sp³-hybridized carbons (Fsp3) is 0.120. The minimum Gasteiger partial charge on any atom is -0.268 e. The van der Waals surface area contributed by atoms with Crippen molar-refractivity contribution in [1.29, 1.82) is 0 Å². The standard InChI is InChI=1S/C25H20N4O3S/c1-16(21-14-9-17-6-3-4-8-22(17)27-21)28-24(30)20-7-5-15-26-23(20)29(25(28)31)18-10-12-19(13-11-18)33(2)32/h3-16H,1-2H3. The van der Waals surface area contributed by atoms with Gasteiger partial charge in [-0.25, -0.2) is 14.3 Å². The van der Waals surface area contributed by atoms with E-state index in [4.69, 9.17) is 0 Å². The van der Waals surface area contributed by atoms with Crippen molar-refractivity contribution in [3.63, 3.8) is 0 Å². The van der Waals surface area contributed by atoms with E-state index in [9.17, 15) is 13.8 Å². The first-order valence-corrected chi connectivity index (χ1v) is 11.9. The maximum absolute atomic E-state index is 13.7. The highest BCUT2D eigenvalue weighted by molar-refractivity contribution is 7.84. The van der Waals surface area contributed by atoms with Crippen LogP contribution in [0.15, 0.2) is 93.5 Å². The molecule has 0 radical (unpaired) electrons. The molecule has 0 amide bonds. The Hall–Kier alpha value is -3.91. The van der Waals surface area contributed by atoms with Gasteiger partial charge in [-0.15, -0.1) is 0 Å². The van der Waals surface area contributed by atoms with Crippen LogP contribution in [0.2, 0.25) is 0 Å². The summed E-state index contributed by atoms with van der Waals surface area (Å²) in [7, 11) is -1.14. The van der Waals surface area contributed by atoms with Gasteiger partial charge in [-0.05, 0) is 55.5 Å². The number of fused-ring (bicyclic) bond motifs is 2. The lowest BCUT2D eigenvalue weighted by molar-refractivity contribution is 0.560. The lowest BCUT2D eigenvalue weighted by Crippen LogP contribution is -2.42. The molecule has 0 aliphatic rings. The maximum Gasteiger partial charge on any atom is 0.337 e. The Morgan fingerprint density at radius 1 is 0.909 bits per heavy atom. The van der Waals surface area contributed by atoms with Crippen molar-refractivity contribution in [2.45, 2.75) is 17.9 Å². The van der Waals surface area contributed by atoms with Crippen LogP contribution in [0.4, 0.5) is 0 Å². The summed E-state index contributed by atoms with van der Waals surface area (Å²) in [6, 6.07) is 21.0. The monoisotopic (exact) mass is 456 g/mol. The molecule has 0 aliphatic carbocycles. The number of hydrogen-bond donors (Lipinski definition) is 0. The van der Waals surface area contributed by atoms with Gasteiger partial charge in [-0.1, -0.05) is 24.3 Å². The van der Waals surface area contributed by atoms with Crippen molar-refractivity contribution >= 4 is 32.7 Å². The molecule has 33 heavy (non-hydrogen) atoms. The summed E-state index contributed by atoms with van der Waals surface area (Å²) in [5, 5.41) is 1.31. The zero-order valence-corrected chi connectivity index (χ0v) is 18.8. The molecule has 0 aliphatic heterocycles. The minimum absolute atomic E-state index is 0.271. The van der Waals surface area contributed by atoms with Crippen LogP contribution in [0.5, 0.6) is 0 Å². The van der Waals surface area contributed by atoms with Gasteiger partial charge < -0.3 is 0 Å². The molecule has 0 saturated heterocycles. The van der Waals surface area contributed by atoms with Crippen molar-refractivity contribution in [2.75, 3.05) is 6.26 Å². The molecule has 0 fully saturated rings. The van der Waals surface area contributed by atoms with Crippen molar-refractivity contribution in [2.24, 2.45) is 0 Å². The minimum atomic E-state index is -1.14. The Morgan fingerprint density at radius 3 is 2.42 bits per heavy atom. The smallest absolute Gasteiger partial charge is 0.268 e. The normalized spacial score (nSPS) is 13.3. The second kappa shape index (κ2) is 8.22. The summed E-state index contributed by atoms with van der Waals surface area (Å²) in [5.74, 6) is 0. The number of rotatable bonds is 4. The van der Waals surface area contributed by atoms with Gasteiger partial charge in [0.1, 0.15) is 0 Å². The van der Waals surface area contributed by atoms with E-state index < -0.39 is 28.1 Å². The third-order valence-corrected chi connectivity index (χ3v) is 6.64. The molecule has 7 nitrogen and oxygen atoms in total. The van der Waals surface area contributed by atoms with Gasteiger partial charge in [0.25, 0.3) is 5.56 Å². The summed E-state index contributed by atoms with van der Waals surface area (Å²) in [4.78, 5) is 36.8. The van der Waals surface area contributed by atoms with Gasteiger partial charge in [0, 0.05) is 33.5 Å². The Bertz CT molecular complexity index is 1660. The Morgan fingerprint density at radius 2 is 1.67 bits per heavy atom. The number of para-hydroxylation sites is 1. The Labute approximate surface area is 191 Å². The second-order valence-electron chi connectivity index (χ2n) is 7.72. The number of benzene rings is 2. The topological polar surface area (TPSA) is 86.8 Å². The van der Waals surface area contributed by atoms with E-state index in [-0.39, 0.29) is 5.65 Å².